The molecular weight excluding hydrogens is 260 g/mol. The van der Waals surface area contributed by atoms with Gasteiger partial charge in [0, 0.05) is 38.1 Å². The highest BCUT2D eigenvalue weighted by atomic mass is 35.5. The maximum absolute atomic E-state index is 11.8. The number of nitrogens with zero attached hydrogens (tertiary/aromatic N) is 2. The van der Waals surface area contributed by atoms with Crippen LogP contribution >= 0.6 is 11.6 Å². The molecule has 6 heteroatoms. The van der Waals surface area contributed by atoms with Crippen LogP contribution in [-0.2, 0) is 10.0 Å². The third-order valence-corrected chi connectivity index (χ3v) is 6.13. The lowest BCUT2D eigenvalue weighted by Gasteiger charge is -2.37. The largest absolute Gasteiger partial charge is 0.298 e. The molecule has 100 valence electrons. The second-order valence-electron chi connectivity index (χ2n) is 4.88. The summed E-state index contributed by atoms with van der Waals surface area (Å²) in [4.78, 5) is 2.46. The number of alkyl halides is 1. The Morgan fingerprint density at radius 1 is 1.06 bits per heavy atom. The molecule has 0 aromatic carbocycles. The van der Waals surface area contributed by atoms with E-state index in [1.54, 1.807) is 4.31 Å². The Hall–Kier alpha value is 0.160. The highest BCUT2D eigenvalue weighted by Gasteiger charge is 2.30. The molecule has 1 saturated carbocycles. The molecule has 2 fully saturated rings. The molecule has 0 unspecified atom stereocenters. The van der Waals surface area contributed by atoms with Gasteiger partial charge in [-0.25, -0.2) is 8.42 Å². The summed E-state index contributed by atoms with van der Waals surface area (Å²) in [6.07, 6.45) is 5.23. The summed E-state index contributed by atoms with van der Waals surface area (Å²) < 4.78 is 25.3. The monoisotopic (exact) mass is 280 g/mol. The summed E-state index contributed by atoms with van der Waals surface area (Å²) in [5.74, 6) is 0.253. The third kappa shape index (κ3) is 3.34. The molecule has 0 bridgehead atoms. The molecule has 1 saturated heterocycles. The van der Waals surface area contributed by atoms with Gasteiger partial charge in [0.2, 0.25) is 10.0 Å². The average Bonchev–Trinajstić information content (AvgIpc) is 2.82. The topological polar surface area (TPSA) is 40.6 Å². The lowest BCUT2D eigenvalue weighted by molar-refractivity contribution is 0.139. The third-order valence-electron chi connectivity index (χ3n) is 3.84. The Morgan fingerprint density at radius 3 is 2.18 bits per heavy atom. The predicted octanol–water partition coefficient (Wildman–Crippen LogP) is 1.12. The highest BCUT2D eigenvalue weighted by Crippen LogP contribution is 2.24. The Labute approximate surface area is 109 Å². The highest BCUT2D eigenvalue weighted by molar-refractivity contribution is 7.89. The van der Waals surface area contributed by atoms with Crippen molar-refractivity contribution in [1.82, 2.24) is 9.21 Å². The van der Waals surface area contributed by atoms with Gasteiger partial charge in [-0.05, 0) is 12.8 Å². The smallest absolute Gasteiger partial charge is 0.215 e. The molecule has 0 spiro atoms. The van der Waals surface area contributed by atoms with Crippen LogP contribution < -0.4 is 0 Å². The second-order valence-corrected chi connectivity index (χ2v) is 7.34. The Bertz CT molecular complexity index is 333. The van der Waals surface area contributed by atoms with E-state index >= 15 is 0 Å². The van der Waals surface area contributed by atoms with E-state index in [0.717, 1.165) is 13.1 Å². The van der Waals surface area contributed by atoms with Gasteiger partial charge in [-0.2, -0.15) is 4.31 Å². The van der Waals surface area contributed by atoms with Crippen molar-refractivity contribution in [3.63, 3.8) is 0 Å². The minimum Gasteiger partial charge on any atom is -0.298 e. The normalized spacial score (nSPS) is 25.5. The van der Waals surface area contributed by atoms with Gasteiger partial charge < -0.3 is 0 Å². The maximum Gasteiger partial charge on any atom is 0.215 e. The summed E-state index contributed by atoms with van der Waals surface area (Å²) in [7, 11) is -3.11. The zero-order valence-corrected chi connectivity index (χ0v) is 11.7. The first-order chi connectivity index (χ1) is 8.13. The summed E-state index contributed by atoms with van der Waals surface area (Å²) >= 11 is 5.52. The predicted molar refractivity (Wildman–Crippen MR) is 69.9 cm³/mol. The first-order valence-corrected chi connectivity index (χ1v) is 8.56. The van der Waals surface area contributed by atoms with E-state index in [1.165, 1.54) is 25.7 Å². The molecule has 0 aromatic rings. The van der Waals surface area contributed by atoms with E-state index in [0.29, 0.717) is 19.1 Å². The first-order valence-electron chi connectivity index (χ1n) is 6.41. The van der Waals surface area contributed by atoms with Crippen molar-refractivity contribution in [2.24, 2.45) is 0 Å². The number of piperazine rings is 1. The minimum atomic E-state index is -3.11. The van der Waals surface area contributed by atoms with Gasteiger partial charge in [-0.1, -0.05) is 12.8 Å². The molecule has 0 atom stereocenters. The van der Waals surface area contributed by atoms with E-state index in [9.17, 15) is 8.42 Å². The lowest BCUT2D eigenvalue weighted by atomic mass is 10.2. The molecule has 2 aliphatic rings. The van der Waals surface area contributed by atoms with Crippen LogP contribution in [0, 0.1) is 0 Å². The fourth-order valence-corrected chi connectivity index (χ4v) is 4.60. The lowest BCUT2D eigenvalue weighted by Crippen LogP contribution is -2.51. The molecule has 17 heavy (non-hydrogen) atoms. The van der Waals surface area contributed by atoms with Crippen LogP contribution in [0.25, 0.3) is 0 Å². The molecule has 0 radical (unpaired) electrons. The van der Waals surface area contributed by atoms with Gasteiger partial charge in [0.25, 0.3) is 0 Å². The maximum atomic E-state index is 11.8. The molecule has 0 aromatic heterocycles. The van der Waals surface area contributed by atoms with Crippen molar-refractivity contribution in [3.8, 4) is 0 Å². The van der Waals surface area contributed by atoms with Crippen molar-refractivity contribution in [3.05, 3.63) is 0 Å². The fourth-order valence-electron chi connectivity index (χ4n) is 2.84. The van der Waals surface area contributed by atoms with Crippen molar-refractivity contribution >= 4 is 21.6 Å². The van der Waals surface area contributed by atoms with Gasteiger partial charge in [0.1, 0.15) is 0 Å². The minimum absolute atomic E-state index is 0.0674. The van der Waals surface area contributed by atoms with Gasteiger partial charge in [-0.3, -0.25) is 4.90 Å². The number of halogens is 1. The molecule has 1 heterocycles. The van der Waals surface area contributed by atoms with Crippen LogP contribution in [0.15, 0.2) is 0 Å². The van der Waals surface area contributed by atoms with Crippen LogP contribution in [0.2, 0.25) is 0 Å². The summed E-state index contributed by atoms with van der Waals surface area (Å²) in [5, 5.41) is 0. The van der Waals surface area contributed by atoms with Gasteiger partial charge in [0.15, 0.2) is 0 Å². The molecule has 4 nitrogen and oxygen atoms in total. The number of hydrogen-bond acceptors (Lipinski definition) is 3. The molecule has 0 amide bonds. The molecule has 1 aliphatic heterocycles. The Balaban J connectivity index is 1.85. The van der Waals surface area contributed by atoms with Crippen molar-refractivity contribution in [2.45, 2.75) is 31.7 Å². The quantitative estimate of drug-likeness (QED) is 0.725. The van der Waals surface area contributed by atoms with Crippen LogP contribution in [0.3, 0.4) is 0 Å². The summed E-state index contributed by atoms with van der Waals surface area (Å²) in [6, 6.07) is 0.702. The fraction of sp³-hybridized carbons (Fsp3) is 1.00. The van der Waals surface area contributed by atoms with E-state index in [2.05, 4.69) is 4.90 Å². The molecular formula is C11H21ClN2O2S. The van der Waals surface area contributed by atoms with E-state index in [-0.39, 0.29) is 11.6 Å². The van der Waals surface area contributed by atoms with Crippen molar-refractivity contribution < 1.29 is 8.42 Å². The van der Waals surface area contributed by atoms with Crippen LogP contribution in [0.4, 0.5) is 0 Å². The Kier molecular flexibility index (Phi) is 4.69. The molecule has 0 N–H and O–H groups in total. The van der Waals surface area contributed by atoms with Crippen LogP contribution in [0.1, 0.15) is 25.7 Å². The zero-order valence-electron chi connectivity index (χ0n) is 10.1. The average molecular weight is 281 g/mol. The zero-order chi connectivity index (χ0) is 12.3. The Morgan fingerprint density at radius 2 is 1.65 bits per heavy atom. The van der Waals surface area contributed by atoms with Crippen LogP contribution in [-0.4, -0.2) is 61.5 Å². The van der Waals surface area contributed by atoms with E-state index in [4.69, 9.17) is 11.6 Å². The first kappa shape index (κ1) is 13.6. The summed E-state index contributed by atoms with van der Waals surface area (Å²) in [5.41, 5.74) is 0. The van der Waals surface area contributed by atoms with E-state index < -0.39 is 10.0 Å². The standard InChI is InChI=1S/C11H21ClN2O2S/c12-5-10-17(15,16)14-8-6-13(7-9-14)11-3-1-2-4-11/h11H,1-10H2. The number of hydrogen-bond donors (Lipinski definition) is 0. The van der Waals surface area contributed by atoms with Gasteiger partial charge in [0.05, 0.1) is 5.75 Å². The molecule has 1 aliphatic carbocycles. The second kappa shape index (κ2) is 5.87. The number of rotatable bonds is 4. The molecule has 2 rings (SSSR count). The van der Waals surface area contributed by atoms with E-state index in [1.807, 2.05) is 0 Å². The SMILES string of the molecule is O=S(=O)(CCCl)N1CCN(C2CCCC2)CC1. The summed E-state index contributed by atoms with van der Waals surface area (Å²) in [6.45, 7) is 3.03. The number of sulfonamides is 1. The van der Waals surface area contributed by atoms with Crippen LogP contribution in [0.5, 0.6) is 0 Å². The van der Waals surface area contributed by atoms with Gasteiger partial charge in [-0.15, -0.1) is 11.6 Å². The van der Waals surface area contributed by atoms with Crippen molar-refractivity contribution in [2.75, 3.05) is 37.8 Å². The van der Waals surface area contributed by atoms with Gasteiger partial charge >= 0.3 is 0 Å². The van der Waals surface area contributed by atoms with Crippen molar-refractivity contribution in [1.29, 1.82) is 0 Å².